The summed E-state index contributed by atoms with van der Waals surface area (Å²) in [6.07, 6.45) is 1.59. The summed E-state index contributed by atoms with van der Waals surface area (Å²) < 4.78 is 24.7. The molecular weight excluding hydrogens is 357 g/mol. The highest BCUT2D eigenvalue weighted by Gasteiger charge is 2.19. The molecule has 1 aromatic heterocycles. The summed E-state index contributed by atoms with van der Waals surface area (Å²) in [6, 6.07) is 16.3. The lowest BCUT2D eigenvalue weighted by atomic mass is 10.0. The summed E-state index contributed by atoms with van der Waals surface area (Å²) in [5.74, 6) is -0.556. The summed E-state index contributed by atoms with van der Waals surface area (Å²) in [5, 5.41) is 4.93. The standard InChI is InChI=1S/C19H16FNO2S2/c1-25(23)16-10-6-14(7-11-16)19(22)21-18(17-3-2-12-24-17)13-4-8-15(20)9-5-13/h2-12,18H,1H3,(H,21,22)/t18-,25-/m0/s1. The van der Waals surface area contributed by atoms with Crippen LogP contribution in [0.25, 0.3) is 0 Å². The highest BCUT2D eigenvalue weighted by molar-refractivity contribution is 7.84. The molecule has 2 aromatic carbocycles. The second kappa shape index (κ2) is 7.72. The molecule has 6 heteroatoms. The Morgan fingerprint density at radius 3 is 2.32 bits per heavy atom. The molecule has 1 heterocycles. The van der Waals surface area contributed by atoms with Crippen LogP contribution in [-0.2, 0) is 10.8 Å². The van der Waals surface area contributed by atoms with Gasteiger partial charge in [0.1, 0.15) is 5.82 Å². The number of benzene rings is 2. The van der Waals surface area contributed by atoms with Gasteiger partial charge in [-0.1, -0.05) is 18.2 Å². The maximum atomic E-state index is 13.2. The molecule has 0 saturated carbocycles. The third-order valence-corrected chi connectivity index (χ3v) is 5.63. The number of hydrogen-bond acceptors (Lipinski definition) is 3. The van der Waals surface area contributed by atoms with Crippen LogP contribution in [0, 0.1) is 5.82 Å². The molecule has 0 radical (unpaired) electrons. The van der Waals surface area contributed by atoms with Crippen molar-refractivity contribution in [2.45, 2.75) is 10.9 Å². The van der Waals surface area contributed by atoms with E-state index in [1.807, 2.05) is 17.5 Å². The molecule has 0 aliphatic carbocycles. The second-order valence-electron chi connectivity index (χ2n) is 5.45. The van der Waals surface area contributed by atoms with E-state index in [4.69, 9.17) is 0 Å². The lowest BCUT2D eigenvalue weighted by Crippen LogP contribution is -2.28. The molecule has 0 spiro atoms. The first-order chi connectivity index (χ1) is 12.0. The number of carbonyl (C=O) groups is 1. The third kappa shape index (κ3) is 4.21. The molecular formula is C19H16FNO2S2. The Labute approximate surface area is 152 Å². The maximum Gasteiger partial charge on any atom is 0.252 e. The van der Waals surface area contributed by atoms with Gasteiger partial charge < -0.3 is 5.32 Å². The number of halogens is 1. The topological polar surface area (TPSA) is 46.2 Å². The zero-order valence-electron chi connectivity index (χ0n) is 13.4. The maximum absolute atomic E-state index is 13.2. The van der Waals surface area contributed by atoms with Gasteiger partial charge in [-0.25, -0.2) is 4.39 Å². The van der Waals surface area contributed by atoms with Gasteiger partial charge in [-0.2, -0.15) is 0 Å². The molecule has 25 heavy (non-hydrogen) atoms. The molecule has 1 amide bonds. The Kier molecular flexibility index (Phi) is 5.40. The Balaban J connectivity index is 1.86. The van der Waals surface area contributed by atoms with E-state index in [1.54, 1.807) is 42.7 Å². The van der Waals surface area contributed by atoms with Gasteiger partial charge >= 0.3 is 0 Å². The summed E-state index contributed by atoms with van der Waals surface area (Å²) in [5.41, 5.74) is 1.29. The van der Waals surface area contributed by atoms with Crippen LogP contribution in [0.2, 0.25) is 0 Å². The normalized spacial score (nSPS) is 13.2. The number of nitrogens with one attached hydrogen (secondary N) is 1. The first-order valence-corrected chi connectivity index (χ1v) is 10.0. The Hall–Kier alpha value is -2.31. The summed E-state index contributed by atoms with van der Waals surface area (Å²) >= 11 is 1.52. The van der Waals surface area contributed by atoms with E-state index in [2.05, 4.69) is 5.32 Å². The van der Waals surface area contributed by atoms with Gasteiger partial charge in [-0.05, 0) is 53.4 Å². The highest BCUT2D eigenvalue weighted by atomic mass is 32.2. The predicted molar refractivity (Wildman–Crippen MR) is 98.8 cm³/mol. The molecule has 0 aliphatic rings. The average Bonchev–Trinajstić information content (AvgIpc) is 3.15. The van der Waals surface area contributed by atoms with Crippen LogP contribution >= 0.6 is 11.3 Å². The van der Waals surface area contributed by atoms with Gasteiger partial charge in [0.15, 0.2) is 0 Å². The fraction of sp³-hybridized carbons (Fsp3) is 0.105. The number of amides is 1. The van der Waals surface area contributed by atoms with Crippen molar-refractivity contribution in [3.63, 3.8) is 0 Å². The summed E-state index contributed by atoms with van der Waals surface area (Å²) in [6.45, 7) is 0. The number of thiophene rings is 1. The molecule has 128 valence electrons. The molecule has 0 fully saturated rings. The fourth-order valence-electron chi connectivity index (χ4n) is 2.44. The van der Waals surface area contributed by atoms with E-state index in [1.165, 1.54) is 23.5 Å². The Morgan fingerprint density at radius 2 is 1.76 bits per heavy atom. The lowest BCUT2D eigenvalue weighted by molar-refractivity contribution is 0.0943. The van der Waals surface area contributed by atoms with Crippen LogP contribution in [0.4, 0.5) is 4.39 Å². The van der Waals surface area contributed by atoms with Crippen LogP contribution in [0.3, 0.4) is 0 Å². The van der Waals surface area contributed by atoms with Gasteiger partial charge in [0.2, 0.25) is 0 Å². The molecule has 2 atom stereocenters. The first-order valence-electron chi connectivity index (χ1n) is 7.58. The third-order valence-electron chi connectivity index (χ3n) is 3.75. The Morgan fingerprint density at radius 1 is 1.08 bits per heavy atom. The van der Waals surface area contributed by atoms with E-state index >= 15 is 0 Å². The monoisotopic (exact) mass is 373 g/mol. The van der Waals surface area contributed by atoms with E-state index in [-0.39, 0.29) is 17.8 Å². The molecule has 3 nitrogen and oxygen atoms in total. The number of carbonyl (C=O) groups excluding carboxylic acids is 1. The number of hydrogen-bond donors (Lipinski definition) is 1. The first kappa shape index (κ1) is 17.5. The largest absolute Gasteiger partial charge is 0.340 e. The summed E-state index contributed by atoms with van der Waals surface area (Å²) in [7, 11) is -1.08. The lowest BCUT2D eigenvalue weighted by Gasteiger charge is -2.18. The van der Waals surface area contributed by atoms with E-state index < -0.39 is 10.8 Å². The van der Waals surface area contributed by atoms with Gasteiger partial charge in [-0.15, -0.1) is 11.3 Å². The van der Waals surface area contributed by atoms with Crippen LogP contribution < -0.4 is 5.32 Å². The minimum atomic E-state index is -1.08. The predicted octanol–water partition coefficient (Wildman–Crippen LogP) is 4.14. The van der Waals surface area contributed by atoms with Gasteiger partial charge in [0.05, 0.1) is 6.04 Å². The minimum absolute atomic E-state index is 0.240. The highest BCUT2D eigenvalue weighted by Crippen LogP contribution is 2.26. The van der Waals surface area contributed by atoms with E-state index in [0.717, 1.165) is 10.4 Å². The molecule has 0 bridgehead atoms. The van der Waals surface area contributed by atoms with Gasteiger partial charge in [0.25, 0.3) is 5.91 Å². The molecule has 1 N–H and O–H groups in total. The van der Waals surface area contributed by atoms with E-state index in [0.29, 0.717) is 10.5 Å². The van der Waals surface area contributed by atoms with Crippen molar-refractivity contribution < 1.29 is 13.4 Å². The van der Waals surface area contributed by atoms with Crippen molar-refractivity contribution in [1.29, 1.82) is 0 Å². The fourth-order valence-corrected chi connectivity index (χ4v) is 3.76. The molecule has 0 saturated heterocycles. The van der Waals surface area contributed by atoms with Gasteiger partial charge in [0, 0.05) is 32.4 Å². The zero-order chi connectivity index (χ0) is 17.8. The average molecular weight is 373 g/mol. The van der Waals surface area contributed by atoms with Crippen LogP contribution in [0.15, 0.2) is 70.9 Å². The van der Waals surface area contributed by atoms with Crippen molar-refractivity contribution in [2.24, 2.45) is 0 Å². The smallest absolute Gasteiger partial charge is 0.252 e. The summed E-state index contributed by atoms with van der Waals surface area (Å²) in [4.78, 5) is 14.3. The van der Waals surface area contributed by atoms with Crippen molar-refractivity contribution in [3.05, 3.63) is 87.9 Å². The van der Waals surface area contributed by atoms with Crippen LogP contribution in [0.5, 0.6) is 0 Å². The van der Waals surface area contributed by atoms with Crippen LogP contribution in [-0.4, -0.2) is 16.4 Å². The number of rotatable bonds is 5. The second-order valence-corrected chi connectivity index (χ2v) is 7.81. The SMILES string of the molecule is C[S@](=O)c1ccc(C(=O)N[C@@H](c2ccc(F)cc2)c2cccs2)cc1. The van der Waals surface area contributed by atoms with Crippen LogP contribution in [0.1, 0.15) is 26.8 Å². The van der Waals surface area contributed by atoms with Gasteiger partial charge in [-0.3, -0.25) is 9.00 Å². The van der Waals surface area contributed by atoms with Crippen molar-refractivity contribution in [1.82, 2.24) is 5.32 Å². The van der Waals surface area contributed by atoms with Crippen molar-refractivity contribution in [3.8, 4) is 0 Å². The minimum Gasteiger partial charge on any atom is -0.340 e. The van der Waals surface area contributed by atoms with Crippen molar-refractivity contribution in [2.75, 3.05) is 6.26 Å². The van der Waals surface area contributed by atoms with E-state index in [9.17, 15) is 13.4 Å². The van der Waals surface area contributed by atoms with Crippen molar-refractivity contribution >= 4 is 28.0 Å². The molecule has 3 aromatic rings. The Bertz CT molecular complexity index is 875. The molecule has 3 rings (SSSR count). The molecule has 0 aliphatic heterocycles. The zero-order valence-corrected chi connectivity index (χ0v) is 15.1. The quantitative estimate of drug-likeness (QED) is 0.730. The molecule has 0 unspecified atom stereocenters.